The van der Waals surface area contributed by atoms with Crippen LogP contribution in [-0.2, 0) is 11.3 Å². The van der Waals surface area contributed by atoms with E-state index in [1.54, 1.807) is 47.5 Å². The Balaban J connectivity index is 1.42. The molecule has 140 valence electrons. The molecule has 5 nitrogen and oxygen atoms in total. The standard InChI is InChI=1S/C20H20ClN3O2S/c1-24(13-18-23-16-5-2-3-6-17(16)27-18)19(25)7-4-12-22-20(26)14-8-10-15(21)11-9-14/h2-3,5-6,8-11H,4,7,12-13H2,1H3,(H,22,26). The fraction of sp³-hybridized carbons (Fsp3) is 0.250. The fourth-order valence-electron chi connectivity index (χ4n) is 2.61. The Kier molecular flexibility index (Phi) is 6.42. The molecule has 0 unspecified atom stereocenters. The average Bonchev–Trinajstić information content (AvgIpc) is 3.07. The normalized spacial score (nSPS) is 10.7. The Morgan fingerprint density at radius 2 is 1.89 bits per heavy atom. The predicted molar refractivity (Wildman–Crippen MR) is 109 cm³/mol. The molecular formula is C20H20ClN3O2S. The number of hydrogen-bond acceptors (Lipinski definition) is 4. The number of carbonyl (C=O) groups is 2. The summed E-state index contributed by atoms with van der Waals surface area (Å²) in [6.07, 6.45) is 0.963. The first-order valence-electron chi connectivity index (χ1n) is 8.65. The van der Waals surface area contributed by atoms with Crippen molar-refractivity contribution in [1.29, 1.82) is 0 Å². The quantitative estimate of drug-likeness (QED) is 0.606. The lowest BCUT2D eigenvalue weighted by Crippen LogP contribution is -2.28. The van der Waals surface area contributed by atoms with Crippen LogP contribution in [0.15, 0.2) is 48.5 Å². The van der Waals surface area contributed by atoms with E-state index in [0.717, 1.165) is 15.2 Å². The molecule has 0 saturated carbocycles. The lowest BCUT2D eigenvalue weighted by molar-refractivity contribution is -0.130. The van der Waals surface area contributed by atoms with Crippen molar-refractivity contribution in [2.45, 2.75) is 19.4 Å². The third-order valence-corrected chi connectivity index (χ3v) is 5.37. The minimum absolute atomic E-state index is 0.0370. The Hall–Kier alpha value is -2.44. The minimum atomic E-state index is -0.165. The summed E-state index contributed by atoms with van der Waals surface area (Å²) in [6, 6.07) is 14.6. The van der Waals surface area contributed by atoms with Crippen molar-refractivity contribution in [3.63, 3.8) is 0 Å². The molecule has 2 amide bonds. The van der Waals surface area contributed by atoms with Gasteiger partial charge in [-0.25, -0.2) is 4.98 Å². The van der Waals surface area contributed by atoms with Gasteiger partial charge in [0.1, 0.15) is 5.01 Å². The van der Waals surface area contributed by atoms with Crippen LogP contribution in [0.2, 0.25) is 5.02 Å². The first kappa shape index (κ1) is 19.3. The molecule has 1 heterocycles. The van der Waals surface area contributed by atoms with Gasteiger partial charge in [0.25, 0.3) is 5.91 Å². The molecule has 1 N–H and O–H groups in total. The number of amides is 2. The summed E-state index contributed by atoms with van der Waals surface area (Å²) in [4.78, 5) is 30.5. The maximum absolute atomic E-state index is 12.3. The van der Waals surface area contributed by atoms with Gasteiger partial charge in [-0.15, -0.1) is 11.3 Å². The molecule has 0 spiro atoms. The summed E-state index contributed by atoms with van der Waals surface area (Å²) in [6.45, 7) is 0.942. The molecule has 3 rings (SSSR count). The first-order chi connectivity index (χ1) is 13.0. The third-order valence-electron chi connectivity index (χ3n) is 4.10. The van der Waals surface area contributed by atoms with Crippen molar-refractivity contribution in [2.75, 3.05) is 13.6 Å². The number of aromatic nitrogens is 1. The van der Waals surface area contributed by atoms with Gasteiger partial charge in [-0.2, -0.15) is 0 Å². The molecule has 0 saturated heterocycles. The monoisotopic (exact) mass is 401 g/mol. The number of rotatable bonds is 7. The molecule has 0 atom stereocenters. The molecule has 7 heteroatoms. The van der Waals surface area contributed by atoms with Crippen molar-refractivity contribution in [3.05, 3.63) is 64.1 Å². The van der Waals surface area contributed by atoms with Crippen LogP contribution >= 0.6 is 22.9 Å². The van der Waals surface area contributed by atoms with Crippen molar-refractivity contribution in [1.82, 2.24) is 15.2 Å². The maximum Gasteiger partial charge on any atom is 0.251 e. The largest absolute Gasteiger partial charge is 0.352 e. The molecule has 0 aliphatic carbocycles. The average molecular weight is 402 g/mol. The predicted octanol–water partition coefficient (Wildman–Crippen LogP) is 4.12. The SMILES string of the molecule is CN(Cc1nc2ccccc2s1)C(=O)CCCNC(=O)c1ccc(Cl)cc1. The number of hydrogen-bond donors (Lipinski definition) is 1. The van der Waals surface area contributed by atoms with Gasteiger partial charge in [0.2, 0.25) is 5.91 Å². The molecule has 0 radical (unpaired) electrons. The number of para-hydroxylation sites is 1. The van der Waals surface area contributed by atoms with E-state index in [-0.39, 0.29) is 11.8 Å². The number of halogens is 1. The number of thiazole rings is 1. The second kappa shape index (κ2) is 8.97. The van der Waals surface area contributed by atoms with Gasteiger partial charge in [-0.05, 0) is 42.8 Å². The highest BCUT2D eigenvalue weighted by atomic mass is 35.5. The van der Waals surface area contributed by atoms with E-state index in [1.807, 2.05) is 24.3 Å². The number of nitrogens with one attached hydrogen (secondary N) is 1. The van der Waals surface area contributed by atoms with E-state index in [1.165, 1.54) is 0 Å². The molecule has 0 aliphatic rings. The van der Waals surface area contributed by atoms with Gasteiger partial charge in [0.05, 0.1) is 16.8 Å². The highest BCUT2D eigenvalue weighted by Crippen LogP contribution is 2.22. The van der Waals surface area contributed by atoms with Crippen LogP contribution in [-0.4, -0.2) is 35.3 Å². The molecule has 3 aromatic rings. The van der Waals surface area contributed by atoms with E-state index in [2.05, 4.69) is 10.3 Å². The van der Waals surface area contributed by atoms with Gasteiger partial charge in [-0.3, -0.25) is 9.59 Å². The van der Waals surface area contributed by atoms with Gasteiger partial charge in [0, 0.05) is 30.6 Å². The maximum atomic E-state index is 12.3. The van der Waals surface area contributed by atoms with Crippen LogP contribution in [0.3, 0.4) is 0 Å². The third kappa shape index (κ3) is 5.28. The number of fused-ring (bicyclic) bond motifs is 1. The summed E-state index contributed by atoms with van der Waals surface area (Å²) in [5, 5.41) is 4.33. The summed E-state index contributed by atoms with van der Waals surface area (Å²) < 4.78 is 1.12. The highest BCUT2D eigenvalue weighted by molar-refractivity contribution is 7.18. The summed E-state index contributed by atoms with van der Waals surface area (Å²) in [7, 11) is 1.78. The van der Waals surface area contributed by atoms with E-state index in [9.17, 15) is 9.59 Å². The van der Waals surface area contributed by atoms with Gasteiger partial charge < -0.3 is 10.2 Å². The van der Waals surface area contributed by atoms with E-state index in [0.29, 0.717) is 36.5 Å². The van der Waals surface area contributed by atoms with Crippen molar-refractivity contribution in [3.8, 4) is 0 Å². The molecular weight excluding hydrogens is 382 g/mol. The van der Waals surface area contributed by atoms with E-state index >= 15 is 0 Å². The Morgan fingerprint density at radius 3 is 2.63 bits per heavy atom. The van der Waals surface area contributed by atoms with E-state index in [4.69, 9.17) is 11.6 Å². The molecule has 2 aromatic carbocycles. The fourth-order valence-corrected chi connectivity index (χ4v) is 3.76. The van der Waals surface area contributed by atoms with Crippen LogP contribution in [0.5, 0.6) is 0 Å². The van der Waals surface area contributed by atoms with Gasteiger partial charge in [-0.1, -0.05) is 23.7 Å². The van der Waals surface area contributed by atoms with Crippen LogP contribution < -0.4 is 5.32 Å². The van der Waals surface area contributed by atoms with Gasteiger partial charge >= 0.3 is 0 Å². The second-order valence-electron chi connectivity index (χ2n) is 6.19. The smallest absolute Gasteiger partial charge is 0.251 e. The zero-order chi connectivity index (χ0) is 19.2. The minimum Gasteiger partial charge on any atom is -0.352 e. The van der Waals surface area contributed by atoms with Crippen molar-refractivity contribution < 1.29 is 9.59 Å². The zero-order valence-electron chi connectivity index (χ0n) is 14.9. The topological polar surface area (TPSA) is 62.3 Å². The number of carbonyl (C=O) groups excluding carboxylic acids is 2. The van der Waals surface area contributed by atoms with Crippen LogP contribution in [0.1, 0.15) is 28.2 Å². The first-order valence-corrected chi connectivity index (χ1v) is 9.84. The van der Waals surface area contributed by atoms with Crippen molar-refractivity contribution >= 4 is 45.0 Å². The summed E-state index contributed by atoms with van der Waals surface area (Å²) in [5.41, 5.74) is 1.52. The Morgan fingerprint density at radius 1 is 1.15 bits per heavy atom. The number of benzene rings is 2. The van der Waals surface area contributed by atoms with Crippen LogP contribution in [0, 0.1) is 0 Å². The molecule has 27 heavy (non-hydrogen) atoms. The molecule has 0 fully saturated rings. The van der Waals surface area contributed by atoms with Gasteiger partial charge in [0.15, 0.2) is 0 Å². The van der Waals surface area contributed by atoms with E-state index < -0.39 is 0 Å². The summed E-state index contributed by atoms with van der Waals surface area (Å²) in [5.74, 6) is -0.128. The highest BCUT2D eigenvalue weighted by Gasteiger charge is 2.12. The lowest BCUT2D eigenvalue weighted by atomic mass is 10.2. The zero-order valence-corrected chi connectivity index (χ0v) is 16.5. The Labute approximate surface area is 167 Å². The van der Waals surface area contributed by atoms with Crippen LogP contribution in [0.4, 0.5) is 0 Å². The molecule has 0 aliphatic heterocycles. The molecule has 1 aromatic heterocycles. The lowest BCUT2D eigenvalue weighted by Gasteiger charge is -2.15. The number of nitrogens with zero attached hydrogens (tertiary/aromatic N) is 2. The van der Waals surface area contributed by atoms with Crippen LogP contribution in [0.25, 0.3) is 10.2 Å². The summed E-state index contributed by atoms with van der Waals surface area (Å²) >= 11 is 7.41. The van der Waals surface area contributed by atoms with Crippen molar-refractivity contribution in [2.24, 2.45) is 0 Å². The second-order valence-corrected chi connectivity index (χ2v) is 7.74. The Bertz CT molecular complexity index is 907. The molecule has 0 bridgehead atoms.